The summed E-state index contributed by atoms with van der Waals surface area (Å²) in [5.41, 5.74) is 2.51. The number of amides is 1. The fourth-order valence-electron chi connectivity index (χ4n) is 2.62. The van der Waals surface area contributed by atoms with Gasteiger partial charge in [0.15, 0.2) is 0 Å². The molecular formula is C22H22N2O3. The van der Waals surface area contributed by atoms with E-state index in [9.17, 15) is 4.79 Å². The summed E-state index contributed by atoms with van der Waals surface area (Å²) in [5.74, 6) is 0.561. The molecule has 0 spiro atoms. The third-order valence-electron chi connectivity index (χ3n) is 3.70. The maximum absolute atomic E-state index is 11.0. The van der Waals surface area contributed by atoms with Crippen LogP contribution in [0.2, 0.25) is 0 Å². The van der Waals surface area contributed by atoms with E-state index in [1.165, 1.54) is 6.92 Å². The molecule has 1 aliphatic rings. The number of aliphatic imine (C=N–C) groups is 1. The third-order valence-corrected chi connectivity index (χ3v) is 3.70. The third kappa shape index (κ3) is 5.31. The van der Waals surface area contributed by atoms with Crippen molar-refractivity contribution in [3.8, 4) is 0 Å². The number of ether oxygens (including phenoxy) is 2. The van der Waals surface area contributed by atoms with Gasteiger partial charge in [-0.2, -0.15) is 0 Å². The normalized spacial score (nSPS) is 17.1. The molecule has 0 atom stereocenters. The molecule has 5 heteroatoms. The van der Waals surface area contributed by atoms with Gasteiger partial charge in [-0.05, 0) is 30.3 Å². The highest BCUT2D eigenvalue weighted by atomic mass is 16.7. The highest BCUT2D eigenvalue weighted by Gasteiger charge is 2.28. The van der Waals surface area contributed by atoms with Crippen molar-refractivity contribution in [2.45, 2.75) is 26.6 Å². The van der Waals surface area contributed by atoms with E-state index in [1.807, 2.05) is 74.5 Å². The minimum atomic E-state index is -0.764. The van der Waals surface area contributed by atoms with Crippen molar-refractivity contribution in [1.82, 2.24) is 0 Å². The average molecular weight is 362 g/mol. The van der Waals surface area contributed by atoms with Gasteiger partial charge in [0.1, 0.15) is 11.5 Å². The van der Waals surface area contributed by atoms with Gasteiger partial charge < -0.3 is 14.8 Å². The van der Waals surface area contributed by atoms with Crippen LogP contribution in [0.25, 0.3) is 5.76 Å². The summed E-state index contributed by atoms with van der Waals surface area (Å²) >= 11 is 0. The minimum Gasteiger partial charge on any atom is -0.453 e. The van der Waals surface area contributed by atoms with Crippen LogP contribution in [0, 0.1) is 0 Å². The van der Waals surface area contributed by atoms with Crippen LogP contribution in [0.4, 0.5) is 11.4 Å². The summed E-state index contributed by atoms with van der Waals surface area (Å²) in [6.07, 6.45) is 5.34. The zero-order valence-electron chi connectivity index (χ0n) is 15.6. The standard InChI is InChI=1S/C22H22N2O3/c1-16(25)24-19-11-9-18(10-12-19)23-14-13-20-15-21(27-22(2,3)26-20)17-7-5-4-6-8-17/h4-15H,1-3H3,(H,24,25)/b20-13-,23-14?. The molecule has 27 heavy (non-hydrogen) atoms. The van der Waals surface area contributed by atoms with Crippen molar-refractivity contribution in [2.75, 3.05) is 5.32 Å². The topological polar surface area (TPSA) is 59.9 Å². The first kappa shape index (κ1) is 18.5. The molecule has 0 aromatic heterocycles. The van der Waals surface area contributed by atoms with Gasteiger partial charge in [0.25, 0.3) is 0 Å². The summed E-state index contributed by atoms with van der Waals surface area (Å²) in [6, 6.07) is 17.2. The summed E-state index contributed by atoms with van der Waals surface area (Å²) in [6.45, 7) is 5.22. The number of carbonyl (C=O) groups excluding carboxylic acids is 1. The Morgan fingerprint density at radius 2 is 1.74 bits per heavy atom. The summed E-state index contributed by atoms with van der Waals surface area (Å²) < 4.78 is 11.8. The van der Waals surface area contributed by atoms with Crippen LogP contribution in [0.5, 0.6) is 0 Å². The monoisotopic (exact) mass is 362 g/mol. The predicted molar refractivity (Wildman–Crippen MR) is 108 cm³/mol. The average Bonchev–Trinajstić information content (AvgIpc) is 2.62. The number of anilines is 1. The SMILES string of the molecule is CC(=O)Nc1ccc(N=C/C=C2/C=C(c3ccccc3)OC(C)(C)O2)cc1. The molecule has 5 nitrogen and oxygen atoms in total. The second-order valence-electron chi connectivity index (χ2n) is 6.55. The molecule has 2 aromatic rings. The molecule has 0 aliphatic carbocycles. The van der Waals surface area contributed by atoms with Gasteiger partial charge in [-0.15, -0.1) is 0 Å². The van der Waals surface area contributed by atoms with E-state index >= 15 is 0 Å². The number of hydrogen-bond donors (Lipinski definition) is 1. The lowest BCUT2D eigenvalue weighted by molar-refractivity contribution is -0.149. The highest BCUT2D eigenvalue weighted by molar-refractivity contribution is 5.88. The quantitative estimate of drug-likeness (QED) is 0.774. The molecule has 0 bridgehead atoms. The first-order valence-electron chi connectivity index (χ1n) is 8.68. The zero-order valence-corrected chi connectivity index (χ0v) is 15.6. The van der Waals surface area contributed by atoms with Crippen LogP contribution in [-0.4, -0.2) is 17.9 Å². The van der Waals surface area contributed by atoms with Crippen molar-refractivity contribution in [3.05, 3.63) is 78.1 Å². The molecule has 138 valence electrons. The van der Waals surface area contributed by atoms with Gasteiger partial charge >= 0.3 is 0 Å². The number of nitrogens with one attached hydrogen (secondary N) is 1. The van der Waals surface area contributed by atoms with E-state index in [0.717, 1.165) is 22.7 Å². The van der Waals surface area contributed by atoms with Crippen molar-refractivity contribution in [1.29, 1.82) is 0 Å². The van der Waals surface area contributed by atoms with Crippen molar-refractivity contribution in [3.63, 3.8) is 0 Å². The molecule has 0 saturated heterocycles. The number of hydrogen-bond acceptors (Lipinski definition) is 4. The summed E-state index contributed by atoms with van der Waals surface area (Å²) in [7, 11) is 0. The summed E-state index contributed by atoms with van der Waals surface area (Å²) in [4.78, 5) is 15.5. The van der Waals surface area contributed by atoms with Crippen LogP contribution >= 0.6 is 0 Å². The molecule has 1 amide bonds. The Balaban J connectivity index is 1.76. The number of allylic oxidation sites excluding steroid dienone is 2. The summed E-state index contributed by atoms with van der Waals surface area (Å²) in [5, 5.41) is 2.72. The molecule has 1 heterocycles. The molecule has 0 fully saturated rings. The fourth-order valence-corrected chi connectivity index (χ4v) is 2.62. The van der Waals surface area contributed by atoms with Crippen LogP contribution in [-0.2, 0) is 14.3 Å². The van der Waals surface area contributed by atoms with Gasteiger partial charge in [-0.1, -0.05) is 30.3 Å². The van der Waals surface area contributed by atoms with E-state index in [2.05, 4.69) is 10.3 Å². The van der Waals surface area contributed by atoms with E-state index < -0.39 is 5.79 Å². The molecule has 0 unspecified atom stereocenters. The molecule has 1 N–H and O–H groups in total. The Kier molecular flexibility index (Phi) is 5.41. The molecule has 0 radical (unpaired) electrons. The first-order valence-corrected chi connectivity index (χ1v) is 8.68. The lowest BCUT2D eigenvalue weighted by Gasteiger charge is -2.33. The second-order valence-corrected chi connectivity index (χ2v) is 6.55. The molecule has 1 aliphatic heterocycles. The number of rotatable bonds is 4. The van der Waals surface area contributed by atoms with Gasteiger partial charge in [0, 0.05) is 44.3 Å². The second kappa shape index (κ2) is 7.91. The highest BCUT2D eigenvalue weighted by Crippen LogP contribution is 2.32. The Hall–Kier alpha value is -3.34. The van der Waals surface area contributed by atoms with Crippen LogP contribution in [0.15, 0.2) is 77.5 Å². The largest absolute Gasteiger partial charge is 0.453 e. The number of carbonyl (C=O) groups is 1. The number of benzene rings is 2. The molecule has 3 rings (SSSR count). The Labute approximate surface area is 159 Å². The molecular weight excluding hydrogens is 340 g/mol. The lowest BCUT2D eigenvalue weighted by Crippen LogP contribution is -2.30. The van der Waals surface area contributed by atoms with E-state index in [0.29, 0.717) is 5.76 Å². The van der Waals surface area contributed by atoms with E-state index in [4.69, 9.17) is 9.47 Å². The molecule has 2 aromatic carbocycles. The van der Waals surface area contributed by atoms with Crippen LogP contribution < -0.4 is 5.32 Å². The maximum atomic E-state index is 11.0. The van der Waals surface area contributed by atoms with Crippen molar-refractivity contribution >= 4 is 29.3 Å². The Morgan fingerprint density at radius 3 is 2.41 bits per heavy atom. The van der Waals surface area contributed by atoms with Gasteiger partial charge in [-0.3, -0.25) is 9.79 Å². The van der Waals surface area contributed by atoms with Crippen LogP contribution in [0.1, 0.15) is 26.3 Å². The lowest BCUT2D eigenvalue weighted by atomic mass is 10.1. The van der Waals surface area contributed by atoms with E-state index in [-0.39, 0.29) is 5.91 Å². The molecule has 0 saturated carbocycles. The van der Waals surface area contributed by atoms with Gasteiger partial charge in [-0.25, -0.2) is 0 Å². The fraction of sp³-hybridized carbons (Fsp3) is 0.182. The maximum Gasteiger partial charge on any atom is 0.245 e. The Bertz CT molecular complexity index is 895. The van der Waals surface area contributed by atoms with Crippen molar-refractivity contribution in [2.24, 2.45) is 4.99 Å². The first-order chi connectivity index (χ1) is 12.9. The number of nitrogens with zero attached hydrogens (tertiary/aromatic N) is 1. The van der Waals surface area contributed by atoms with E-state index in [1.54, 1.807) is 12.3 Å². The smallest absolute Gasteiger partial charge is 0.245 e. The van der Waals surface area contributed by atoms with Crippen LogP contribution in [0.3, 0.4) is 0 Å². The predicted octanol–water partition coefficient (Wildman–Crippen LogP) is 5.06. The van der Waals surface area contributed by atoms with Gasteiger partial charge in [0.2, 0.25) is 11.7 Å². The zero-order chi connectivity index (χ0) is 19.3. The minimum absolute atomic E-state index is 0.101. The Morgan fingerprint density at radius 1 is 1.04 bits per heavy atom. The van der Waals surface area contributed by atoms with Crippen molar-refractivity contribution < 1.29 is 14.3 Å². The van der Waals surface area contributed by atoms with Gasteiger partial charge in [0.05, 0.1) is 5.69 Å².